The number of halogens is 1. The molecule has 14 heavy (non-hydrogen) atoms. The minimum absolute atomic E-state index is 0.0355. The van der Waals surface area contributed by atoms with E-state index in [1.54, 1.807) is 19.3 Å². The normalized spacial score (nSPS) is 14.5. The van der Waals surface area contributed by atoms with Gasteiger partial charge < -0.3 is 5.32 Å². The summed E-state index contributed by atoms with van der Waals surface area (Å²) in [4.78, 5) is 15.2. The smallest absolute Gasteiger partial charge is 0.238 e. The molecule has 0 aromatic carbocycles. The molecule has 0 aliphatic heterocycles. The molecule has 1 N–H and O–H groups in total. The van der Waals surface area contributed by atoms with Crippen molar-refractivity contribution in [3.8, 4) is 0 Å². The maximum atomic E-state index is 11.3. The third-order valence-corrected chi connectivity index (χ3v) is 2.12. The number of aromatic nitrogens is 1. The zero-order valence-electron chi connectivity index (χ0n) is 8.20. The zero-order valence-corrected chi connectivity index (χ0v) is 8.95. The Morgan fingerprint density at radius 3 is 2.50 bits per heavy atom. The monoisotopic (exact) mass is 212 g/mol. The molecule has 1 aromatic rings. The molecule has 0 saturated carbocycles. The highest BCUT2D eigenvalue weighted by Crippen LogP contribution is 2.10. The van der Waals surface area contributed by atoms with Gasteiger partial charge in [0.2, 0.25) is 5.91 Å². The van der Waals surface area contributed by atoms with Crippen molar-refractivity contribution in [3.05, 3.63) is 30.1 Å². The molecule has 0 fully saturated rings. The first-order valence-electron chi connectivity index (χ1n) is 4.45. The van der Waals surface area contributed by atoms with E-state index in [0.29, 0.717) is 0 Å². The summed E-state index contributed by atoms with van der Waals surface area (Å²) in [5, 5.41) is 2.30. The Morgan fingerprint density at radius 2 is 2.00 bits per heavy atom. The molecule has 0 radical (unpaired) electrons. The van der Waals surface area contributed by atoms with Crippen molar-refractivity contribution >= 4 is 17.5 Å². The van der Waals surface area contributed by atoms with Crippen LogP contribution in [0.5, 0.6) is 0 Å². The van der Waals surface area contributed by atoms with Crippen LogP contribution in [0.2, 0.25) is 0 Å². The van der Waals surface area contributed by atoms with Crippen LogP contribution < -0.4 is 5.32 Å². The number of amides is 1. The second-order valence-electron chi connectivity index (χ2n) is 3.13. The maximum Gasteiger partial charge on any atom is 0.238 e. The van der Waals surface area contributed by atoms with Crippen LogP contribution in [-0.2, 0) is 4.79 Å². The van der Waals surface area contributed by atoms with Crippen LogP contribution in [0.1, 0.15) is 25.5 Å². The van der Waals surface area contributed by atoms with Crippen LogP contribution in [0.3, 0.4) is 0 Å². The summed E-state index contributed by atoms with van der Waals surface area (Å²) in [6.07, 6.45) is 3.39. The standard InChI is InChI=1S/C10H13ClN2O/c1-7(11)10(14)13-8(2)9-3-5-12-6-4-9/h3-8H,1-2H3,(H,13,14)/t7?,8-/m0/s1. The number of carbonyl (C=O) groups excluding carboxylic acids is 1. The lowest BCUT2D eigenvalue weighted by atomic mass is 10.1. The van der Waals surface area contributed by atoms with Gasteiger partial charge in [-0.05, 0) is 31.5 Å². The van der Waals surface area contributed by atoms with Crippen molar-refractivity contribution in [1.82, 2.24) is 10.3 Å². The molecule has 2 atom stereocenters. The molecule has 0 saturated heterocycles. The second kappa shape index (κ2) is 4.96. The van der Waals surface area contributed by atoms with Gasteiger partial charge in [-0.2, -0.15) is 0 Å². The van der Waals surface area contributed by atoms with Crippen LogP contribution in [0.15, 0.2) is 24.5 Å². The molecule has 4 heteroatoms. The van der Waals surface area contributed by atoms with Gasteiger partial charge in [0.1, 0.15) is 5.38 Å². The van der Waals surface area contributed by atoms with Gasteiger partial charge in [-0.15, -0.1) is 11.6 Å². The van der Waals surface area contributed by atoms with Crippen molar-refractivity contribution in [2.75, 3.05) is 0 Å². The molecule has 1 amide bonds. The van der Waals surface area contributed by atoms with Gasteiger partial charge >= 0.3 is 0 Å². The van der Waals surface area contributed by atoms with Crippen molar-refractivity contribution in [3.63, 3.8) is 0 Å². The van der Waals surface area contributed by atoms with E-state index in [1.165, 1.54) is 0 Å². The van der Waals surface area contributed by atoms with Crippen LogP contribution in [0.25, 0.3) is 0 Å². The van der Waals surface area contributed by atoms with Crippen LogP contribution in [-0.4, -0.2) is 16.3 Å². The number of pyridine rings is 1. The third kappa shape index (κ3) is 3.00. The van der Waals surface area contributed by atoms with E-state index < -0.39 is 5.38 Å². The Bertz CT molecular complexity index is 300. The average molecular weight is 213 g/mol. The predicted octanol–water partition coefficient (Wildman–Crippen LogP) is 1.89. The lowest BCUT2D eigenvalue weighted by Gasteiger charge is -2.14. The van der Waals surface area contributed by atoms with Crippen LogP contribution >= 0.6 is 11.6 Å². The highest BCUT2D eigenvalue weighted by Gasteiger charge is 2.12. The van der Waals surface area contributed by atoms with Crippen molar-refractivity contribution in [2.45, 2.75) is 25.3 Å². The van der Waals surface area contributed by atoms with E-state index in [2.05, 4.69) is 10.3 Å². The SMILES string of the molecule is CC(Cl)C(=O)N[C@@H](C)c1ccncc1. The summed E-state index contributed by atoms with van der Waals surface area (Å²) < 4.78 is 0. The Hall–Kier alpha value is -1.09. The average Bonchev–Trinajstić information content (AvgIpc) is 2.19. The van der Waals surface area contributed by atoms with Gasteiger partial charge in [0, 0.05) is 12.4 Å². The van der Waals surface area contributed by atoms with Crippen molar-refractivity contribution in [2.24, 2.45) is 0 Å². The summed E-state index contributed by atoms with van der Waals surface area (Å²) in [5.41, 5.74) is 1.02. The fourth-order valence-corrected chi connectivity index (χ4v) is 1.13. The van der Waals surface area contributed by atoms with Crippen LogP contribution in [0.4, 0.5) is 0 Å². The van der Waals surface area contributed by atoms with E-state index in [-0.39, 0.29) is 11.9 Å². The summed E-state index contributed by atoms with van der Waals surface area (Å²) in [5.74, 6) is -0.157. The van der Waals surface area contributed by atoms with E-state index >= 15 is 0 Å². The number of nitrogens with zero attached hydrogens (tertiary/aromatic N) is 1. The fraction of sp³-hybridized carbons (Fsp3) is 0.400. The number of carbonyl (C=O) groups is 1. The first-order chi connectivity index (χ1) is 6.61. The van der Waals surface area contributed by atoms with Gasteiger partial charge in [0.15, 0.2) is 0 Å². The minimum atomic E-state index is -0.501. The van der Waals surface area contributed by atoms with Crippen molar-refractivity contribution in [1.29, 1.82) is 0 Å². The molecule has 0 spiro atoms. The summed E-state index contributed by atoms with van der Waals surface area (Å²) in [7, 11) is 0. The molecule has 1 aromatic heterocycles. The lowest BCUT2D eigenvalue weighted by molar-refractivity contribution is -0.121. The number of hydrogen-bond acceptors (Lipinski definition) is 2. The molecule has 0 aliphatic carbocycles. The lowest BCUT2D eigenvalue weighted by Crippen LogP contribution is -2.31. The van der Waals surface area contributed by atoms with E-state index in [9.17, 15) is 4.79 Å². The fourth-order valence-electron chi connectivity index (χ4n) is 1.06. The number of hydrogen-bond donors (Lipinski definition) is 1. The van der Waals surface area contributed by atoms with E-state index in [4.69, 9.17) is 11.6 Å². The molecule has 1 rings (SSSR count). The summed E-state index contributed by atoms with van der Waals surface area (Å²) in [6, 6.07) is 3.69. The molecule has 1 unspecified atom stereocenters. The first-order valence-corrected chi connectivity index (χ1v) is 4.89. The number of rotatable bonds is 3. The molecule has 76 valence electrons. The minimum Gasteiger partial charge on any atom is -0.348 e. The maximum absolute atomic E-state index is 11.3. The Balaban J connectivity index is 2.59. The Morgan fingerprint density at radius 1 is 1.43 bits per heavy atom. The highest BCUT2D eigenvalue weighted by molar-refractivity contribution is 6.30. The summed E-state index contributed by atoms with van der Waals surface area (Å²) in [6.45, 7) is 3.56. The van der Waals surface area contributed by atoms with E-state index in [0.717, 1.165) is 5.56 Å². The predicted molar refractivity (Wildman–Crippen MR) is 56.1 cm³/mol. The van der Waals surface area contributed by atoms with Gasteiger partial charge in [-0.25, -0.2) is 0 Å². The van der Waals surface area contributed by atoms with Gasteiger partial charge in [-0.1, -0.05) is 0 Å². The zero-order chi connectivity index (χ0) is 10.6. The van der Waals surface area contributed by atoms with Gasteiger partial charge in [0.25, 0.3) is 0 Å². The quantitative estimate of drug-likeness (QED) is 0.778. The molecular formula is C10H13ClN2O. The molecule has 3 nitrogen and oxygen atoms in total. The second-order valence-corrected chi connectivity index (χ2v) is 3.78. The topological polar surface area (TPSA) is 42.0 Å². The van der Waals surface area contributed by atoms with Gasteiger partial charge in [0.05, 0.1) is 6.04 Å². The number of nitrogens with one attached hydrogen (secondary N) is 1. The first kappa shape index (κ1) is 11.0. The van der Waals surface area contributed by atoms with Gasteiger partial charge in [-0.3, -0.25) is 9.78 Å². The molecular weight excluding hydrogens is 200 g/mol. The third-order valence-electron chi connectivity index (χ3n) is 1.93. The Kier molecular flexibility index (Phi) is 3.89. The largest absolute Gasteiger partial charge is 0.348 e. The number of alkyl halides is 1. The molecule has 0 bridgehead atoms. The molecule has 0 aliphatic rings. The van der Waals surface area contributed by atoms with Crippen molar-refractivity contribution < 1.29 is 4.79 Å². The Labute approximate surface area is 88.5 Å². The van der Waals surface area contributed by atoms with Crippen LogP contribution in [0, 0.1) is 0 Å². The summed E-state index contributed by atoms with van der Waals surface area (Å²) >= 11 is 5.64. The molecule has 1 heterocycles. The van der Waals surface area contributed by atoms with E-state index in [1.807, 2.05) is 19.1 Å². The highest BCUT2D eigenvalue weighted by atomic mass is 35.5.